The standard InChI is InChI=1S/C20H24ClN3O/c21-19-15-9-11-22-12-14(15)7-8-17(19)24-20(25)18(13-4-1-2-5-13)16-6-3-10-23-16/h7-9,11-13,16,18,23H,1-6,10H2,(H,24,25)/t16?,18-/m0/s1. The Kier molecular flexibility index (Phi) is 4.91. The zero-order chi connectivity index (χ0) is 17.2. The fourth-order valence-electron chi connectivity index (χ4n) is 4.50. The molecule has 0 bridgehead atoms. The Hall–Kier alpha value is -1.65. The molecule has 2 atom stereocenters. The first-order chi connectivity index (χ1) is 12.2. The number of pyridine rings is 1. The summed E-state index contributed by atoms with van der Waals surface area (Å²) < 4.78 is 0. The van der Waals surface area contributed by atoms with E-state index in [2.05, 4.69) is 15.6 Å². The lowest BCUT2D eigenvalue weighted by atomic mass is 9.83. The third-order valence-electron chi connectivity index (χ3n) is 5.75. The average molecular weight is 358 g/mol. The van der Waals surface area contributed by atoms with E-state index in [1.54, 1.807) is 12.4 Å². The average Bonchev–Trinajstić information content (AvgIpc) is 3.33. The quantitative estimate of drug-likeness (QED) is 0.853. The molecule has 132 valence electrons. The van der Waals surface area contributed by atoms with Gasteiger partial charge < -0.3 is 10.6 Å². The minimum absolute atomic E-state index is 0.0363. The molecular formula is C20H24ClN3O. The highest BCUT2D eigenvalue weighted by Crippen LogP contribution is 2.37. The number of rotatable bonds is 4. The van der Waals surface area contributed by atoms with Gasteiger partial charge in [-0.15, -0.1) is 0 Å². The van der Waals surface area contributed by atoms with Crippen molar-refractivity contribution in [3.63, 3.8) is 0 Å². The highest BCUT2D eigenvalue weighted by molar-refractivity contribution is 6.38. The summed E-state index contributed by atoms with van der Waals surface area (Å²) in [7, 11) is 0. The maximum atomic E-state index is 13.2. The van der Waals surface area contributed by atoms with Crippen molar-refractivity contribution in [1.29, 1.82) is 0 Å². The summed E-state index contributed by atoms with van der Waals surface area (Å²) in [6, 6.07) is 6.03. The maximum absolute atomic E-state index is 13.2. The fraction of sp³-hybridized carbons (Fsp3) is 0.500. The number of halogens is 1. The maximum Gasteiger partial charge on any atom is 0.229 e. The van der Waals surface area contributed by atoms with E-state index in [1.165, 1.54) is 12.8 Å². The number of hydrogen-bond donors (Lipinski definition) is 2. The van der Waals surface area contributed by atoms with Gasteiger partial charge in [-0.05, 0) is 50.3 Å². The van der Waals surface area contributed by atoms with Crippen LogP contribution in [0.1, 0.15) is 38.5 Å². The molecule has 1 saturated carbocycles. The fourth-order valence-corrected chi connectivity index (χ4v) is 4.79. The van der Waals surface area contributed by atoms with Gasteiger partial charge in [0.25, 0.3) is 0 Å². The van der Waals surface area contributed by atoms with Crippen LogP contribution in [0.5, 0.6) is 0 Å². The van der Waals surface area contributed by atoms with Gasteiger partial charge in [0, 0.05) is 29.2 Å². The number of amides is 1. The monoisotopic (exact) mass is 357 g/mol. The van der Waals surface area contributed by atoms with Crippen LogP contribution in [0.3, 0.4) is 0 Å². The molecule has 1 saturated heterocycles. The lowest BCUT2D eigenvalue weighted by Crippen LogP contribution is -2.42. The van der Waals surface area contributed by atoms with Crippen LogP contribution < -0.4 is 10.6 Å². The molecule has 2 fully saturated rings. The topological polar surface area (TPSA) is 54.0 Å². The van der Waals surface area contributed by atoms with Gasteiger partial charge in [0.15, 0.2) is 0 Å². The number of hydrogen-bond acceptors (Lipinski definition) is 3. The molecule has 1 unspecified atom stereocenters. The summed E-state index contributed by atoms with van der Waals surface area (Å²) >= 11 is 6.55. The number of fused-ring (bicyclic) bond motifs is 1. The van der Waals surface area contributed by atoms with Crippen LogP contribution in [0.25, 0.3) is 10.8 Å². The molecule has 1 amide bonds. The first-order valence-corrected chi connectivity index (χ1v) is 9.68. The summed E-state index contributed by atoms with van der Waals surface area (Å²) in [5, 5.41) is 9.17. The van der Waals surface area contributed by atoms with Crippen molar-refractivity contribution in [2.75, 3.05) is 11.9 Å². The second-order valence-electron chi connectivity index (χ2n) is 7.29. The van der Waals surface area contributed by atoms with Gasteiger partial charge in [-0.25, -0.2) is 0 Å². The molecule has 1 aromatic carbocycles. The number of carbonyl (C=O) groups excluding carboxylic acids is 1. The Morgan fingerprint density at radius 1 is 1.20 bits per heavy atom. The minimum atomic E-state index is 0.0363. The van der Waals surface area contributed by atoms with Crippen LogP contribution in [-0.4, -0.2) is 23.5 Å². The molecule has 2 N–H and O–H groups in total. The molecule has 4 nitrogen and oxygen atoms in total. The van der Waals surface area contributed by atoms with Crippen molar-refractivity contribution in [2.24, 2.45) is 11.8 Å². The Morgan fingerprint density at radius 3 is 2.80 bits per heavy atom. The molecule has 1 aliphatic heterocycles. The lowest BCUT2D eigenvalue weighted by molar-refractivity contribution is -0.122. The van der Waals surface area contributed by atoms with E-state index in [9.17, 15) is 4.79 Å². The van der Waals surface area contributed by atoms with Crippen LogP contribution in [0.15, 0.2) is 30.6 Å². The predicted octanol–water partition coefficient (Wildman–Crippen LogP) is 4.39. The second kappa shape index (κ2) is 7.30. The normalized spacial score (nSPS) is 22.4. The zero-order valence-corrected chi connectivity index (χ0v) is 15.1. The van der Waals surface area contributed by atoms with Crippen LogP contribution in [-0.2, 0) is 4.79 Å². The third-order valence-corrected chi connectivity index (χ3v) is 6.16. The van der Waals surface area contributed by atoms with Crippen LogP contribution in [0.2, 0.25) is 5.02 Å². The number of aromatic nitrogens is 1. The minimum Gasteiger partial charge on any atom is -0.324 e. The van der Waals surface area contributed by atoms with Crippen molar-refractivity contribution in [3.05, 3.63) is 35.6 Å². The van der Waals surface area contributed by atoms with E-state index in [0.717, 1.165) is 43.0 Å². The third kappa shape index (κ3) is 3.38. The molecule has 1 aromatic heterocycles. The van der Waals surface area contributed by atoms with Gasteiger partial charge in [0.2, 0.25) is 5.91 Å². The van der Waals surface area contributed by atoms with Crippen LogP contribution in [0, 0.1) is 11.8 Å². The number of anilines is 1. The molecule has 5 heteroatoms. The largest absolute Gasteiger partial charge is 0.324 e. The second-order valence-corrected chi connectivity index (χ2v) is 7.66. The van der Waals surface area contributed by atoms with E-state index in [1.807, 2.05) is 18.2 Å². The molecule has 25 heavy (non-hydrogen) atoms. The summed E-state index contributed by atoms with van der Waals surface area (Å²) in [4.78, 5) is 17.3. The zero-order valence-electron chi connectivity index (χ0n) is 14.3. The summed E-state index contributed by atoms with van der Waals surface area (Å²) in [6.45, 7) is 1.02. The Bertz CT molecular complexity index is 751. The van der Waals surface area contributed by atoms with Crippen molar-refractivity contribution in [3.8, 4) is 0 Å². The van der Waals surface area contributed by atoms with E-state index in [0.29, 0.717) is 22.7 Å². The summed E-state index contributed by atoms with van der Waals surface area (Å²) in [5.41, 5.74) is 0.700. The first kappa shape index (κ1) is 16.8. The number of carbonyl (C=O) groups is 1. The van der Waals surface area contributed by atoms with Crippen LogP contribution >= 0.6 is 11.6 Å². The van der Waals surface area contributed by atoms with E-state index < -0.39 is 0 Å². The van der Waals surface area contributed by atoms with Gasteiger partial charge in [-0.2, -0.15) is 0 Å². The molecule has 0 spiro atoms. The highest BCUT2D eigenvalue weighted by atomic mass is 35.5. The lowest BCUT2D eigenvalue weighted by Gasteiger charge is -2.28. The van der Waals surface area contributed by atoms with Gasteiger partial charge >= 0.3 is 0 Å². The molecular weight excluding hydrogens is 334 g/mol. The Labute approximate surface area is 153 Å². The molecule has 2 heterocycles. The molecule has 2 aromatic rings. The van der Waals surface area contributed by atoms with Crippen molar-refractivity contribution in [1.82, 2.24) is 10.3 Å². The highest BCUT2D eigenvalue weighted by Gasteiger charge is 2.38. The Balaban J connectivity index is 1.59. The number of benzene rings is 1. The smallest absolute Gasteiger partial charge is 0.229 e. The molecule has 4 rings (SSSR count). The molecule has 1 aliphatic carbocycles. The summed E-state index contributed by atoms with van der Waals surface area (Å²) in [6.07, 6.45) is 10.6. The van der Waals surface area contributed by atoms with Gasteiger partial charge in [0.05, 0.1) is 16.6 Å². The Morgan fingerprint density at radius 2 is 2.04 bits per heavy atom. The number of nitrogens with zero attached hydrogens (tertiary/aromatic N) is 1. The molecule has 2 aliphatic rings. The van der Waals surface area contributed by atoms with Crippen molar-refractivity contribution in [2.45, 2.75) is 44.6 Å². The van der Waals surface area contributed by atoms with Crippen molar-refractivity contribution >= 4 is 34.0 Å². The number of nitrogens with one attached hydrogen (secondary N) is 2. The van der Waals surface area contributed by atoms with Gasteiger partial charge in [-0.1, -0.05) is 30.5 Å². The SMILES string of the molecule is O=C(Nc1ccc2cnccc2c1Cl)[C@@H](C1CCCC1)C1CCCN1. The van der Waals surface area contributed by atoms with E-state index >= 15 is 0 Å². The van der Waals surface area contributed by atoms with Crippen molar-refractivity contribution < 1.29 is 4.79 Å². The first-order valence-electron chi connectivity index (χ1n) is 9.30. The van der Waals surface area contributed by atoms with Crippen LogP contribution in [0.4, 0.5) is 5.69 Å². The summed E-state index contributed by atoms with van der Waals surface area (Å²) in [5.74, 6) is 0.634. The predicted molar refractivity (Wildman–Crippen MR) is 102 cm³/mol. The van der Waals surface area contributed by atoms with E-state index in [4.69, 9.17) is 11.6 Å². The van der Waals surface area contributed by atoms with E-state index in [-0.39, 0.29) is 11.8 Å². The van der Waals surface area contributed by atoms with Gasteiger partial charge in [0.1, 0.15) is 0 Å². The van der Waals surface area contributed by atoms with Gasteiger partial charge in [-0.3, -0.25) is 9.78 Å². The molecule has 0 radical (unpaired) electrons.